The monoisotopic (exact) mass is 507 g/mol. The molecule has 2 amide bonds. The van der Waals surface area contributed by atoms with Gasteiger partial charge in [-0.3, -0.25) is 14.5 Å². The van der Waals surface area contributed by atoms with E-state index in [9.17, 15) is 14.0 Å². The Kier molecular flexibility index (Phi) is 9.09. The lowest BCUT2D eigenvalue weighted by Crippen LogP contribution is -2.47. The lowest BCUT2D eigenvalue weighted by atomic mass is 10.1. The first-order valence-electron chi connectivity index (χ1n) is 12.6. The van der Waals surface area contributed by atoms with Gasteiger partial charge in [-0.25, -0.2) is 4.39 Å². The summed E-state index contributed by atoms with van der Waals surface area (Å²) in [5, 5.41) is 0. The molecule has 37 heavy (non-hydrogen) atoms. The van der Waals surface area contributed by atoms with E-state index < -0.39 is 0 Å². The van der Waals surface area contributed by atoms with E-state index in [1.165, 1.54) is 12.1 Å². The summed E-state index contributed by atoms with van der Waals surface area (Å²) in [6, 6.07) is 17.2. The smallest absolute Gasteiger partial charge is 0.254 e. The first-order valence-corrected chi connectivity index (χ1v) is 12.6. The zero-order valence-corrected chi connectivity index (χ0v) is 21.5. The van der Waals surface area contributed by atoms with Gasteiger partial charge in [-0.05, 0) is 55.8 Å². The Morgan fingerprint density at radius 1 is 0.892 bits per heavy atom. The minimum absolute atomic E-state index is 0.0715. The molecule has 0 spiro atoms. The van der Waals surface area contributed by atoms with Crippen LogP contribution in [0.15, 0.2) is 65.1 Å². The van der Waals surface area contributed by atoms with Crippen LogP contribution in [0.4, 0.5) is 4.39 Å². The molecule has 0 saturated carbocycles. The Morgan fingerprint density at radius 2 is 1.59 bits per heavy atom. The molecule has 7 nitrogen and oxygen atoms in total. The third kappa shape index (κ3) is 7.74. The number of hydrogen-bond acceptors (Lipinski definition) is 5. The van der Waals surface area contributed by atoms with Gasteiger partial charge in [-0.2, -0.15) is 0 Å². The van der Waals surface area contributed by atoms with Crippen LogP contribution in [0.1, 0.15) is 33.0 Å². The van der Waals surface area contributed by atoms with E-state index in [0.29, 0.717) is 37.6 Å². The lowest BCUT2D eigenvalue weighted by Gasteiger charge is -2.31. The molecule has 0 N–H and O–H groups in total. The highest BCUT2D eigenvalue weighted by Crippen LogP contribution is 2.15. The molecule has 2 heterocycles. The summed E-state index contributed by atoms with van der Waals surface area (Å²) in [6.45, 7) is 8.28. The number of hydrogen-bond donors (Lipinski definition) is 0. The molecule has 0 bridgehead atoms. The molecule has 2 aromatic carbocycles. The molecule has 196 valence electrons. The molecule has 1 aromatic heterocycles. The predicted octanol–water partition coefficient (Wildman–Crippen LogP) is 4.04. The highest BCUT2D eigenvalue weighted by Gasteiger charge is 2.24. The van der Waals surface area contributed by atoms with E-state index in [0.717, 1.165) is 30.0 Å². The maximum absolute atomic E-state index is 13.7. The van der Waals surface area contributed by atoms with Crippen molar-refractivity contribution in [3.8, 4) is 0 Å². The van der Waals surface area contributed by atoms with Gasteiger partial charge in [0.05, 0.1) is 19.8 Å². The minimum Gasteiger partial charge on any atom is -0.464 e. The number of morpholine rings is 1. The van der Waals surface area contributed by atoms with Crippen LogP contribution in [0.5, 0.6) is 0 Å². The quantitative estimate of drug-likeness (QED) is 0.415. The standard InChI is InChI=1S/C29H34FN3O4/c1-22-3-8-25(9-4-22)29(35)32(14-13-31-15-17-36-18-16-31)21-28(34)33(20-27-12-5-23(2)37-27)19-24-6-10-26(30)11-7-24/h3-12H,13-21H2,1-2H3. The van der Waals surface area contributed by atoms with Crippen molar-refractivity contribution in [3.63, 3.8) is 0 Å². The maximum atomic E-state index is 13.7. The van der Waals surface area contributed by atoms with E-state index in [1.807, 2.05) is 38.1 Å². The fraction of sp³-hybridized carbons (Fsp3) is 0.379. The van der Waals surface area contributed by atoms with Crippen molar-refractivity contribution in [1.82, 2.24) is 14.7 Å². The highest BCUT2D eigenvalue weighted by molar-refractivity contribution is 5.96. The van der Waals surface area contributed by atoms with E-state index >= 15 is 0 Å². The largest absolute Gasteiger partial charge is 0.464 e. The molecule has 4 rings (SSSR count). The predicted molar refractivity (Wildman–Crippen MR) is 138 cm³/mol. The number of nitrogens with zero attached hydrogens (tertiary/aromatic N) is 3. The lowest BCUT2D eigenvalue weighted by molar-refractivity contribution is -0.133. The van der Waals surface area contributed by atoms with Gasteiger partial charge in [0, 0.05) is 38.3 Å². The number of benzene rings is 2. The molecule has 8 heteroatoms. The SMILES string of the molecule is Cc1ccc(C(=O)N(CCN2CCOCC2)CC(=O)N(Cc2ccc(F)cc2)Cc2ccc(C)o2)cc1. The number of furan rings is 1. The van der Waals surface area contributed by atoms with Crippen molar-refractivity contribution in [1.29, 1.82) is 0 Å². The Balaban J connectivity index is 1.53. The zero-order chi connectivity index (χ0) is 26.2. The highest BCUT2D eigenvalue weighted by atomic mass is 19.1. The maximum Gasteiger partial charge on any atom is 0.254 e. The Bertz CT molecular complexity index is 1170. The van der Waals surface area contributed by atoms with Crippen molar-refractivity contribution in [2.45, 2.75) is 26.9 Å². The first kappa shape index (κ1) is 26.6. The third-order valence-corrected chi connectivity index (χ3v) is 6.48. The topological polar surface area (TPSA) is 66.2 Å². The molecule has 0 atom stereocenters. The zero-order valence-electron chi connectivity index (χ0n) is 21.5. The van der Waals surface area contributed by atoms with Crippen molar-refractivity contribution in [2.75, 3.05) is 45.9 Å². The van der Waals surface area contributed by atoms with Crippen LogP contribution in [-0.2, 0) is 22.6 Å². The number of amides is 2. The Hall–Kier alpha value is -3.49. The number of carbonyl (C=O) groups excluding carboxylic acids is 2. The van der Waals surface area contributed by atoms with Crippen molar-refractivity contribution >= 4 is 11.8 Å². The number of aryl methyl sites for hydroxylation is 2. The van der Waals surface area contributed by atoms with Crippen LogP contribution in [0.25, 0.3) is 0 Å². The van der Waals surface area contributed by atoms with Crippen LogP contribution < -0.4 is 0 Å². The third-order valence-electron chi connectivity index (χ3n) is 6.48. The van der Waals surface area contributed by atoms with Crippen LogP contribution in [0.2, 0.25) is 0 Å². The van der Waals surface area contributed by atoms with Crippen LogP contribution in [0, 0.1) is 19.7 Å². The molecule has 0 unspecified atom stereocenters. The molecule has 1 saturated heterocycles. The minimum atomic E-state index is -0.332. The average molecular weight is 508 g/mol. The van der Waals surface area contributed by atoms with Crippen molar-refractivity contribution in [3.05, 3.63) is 94.7 Å². The summed E-state index contributed by atoms with van der Waals surface area (Å²) in [6.07, 6.45) is 0. The van der Waals surface area contributed by atoms with E-state index in [2.05, 4.69) is 4.90 Å². The van der Waals surface area contributed by atoms with Crippen LogP contribution in [-0.4, -0.2) is 72.5 Å². The van der Waals surface area contributed by atoms with Crippen LogP contribution >= 0.6 is 0 Å². The van der Waals surface area contributed by atoms with E-state index in [-0.39, 0.29) is 37.3 Å². The second kappa shape index (κ2) is 12.7. The summed E-state index contributed by atoms with van der Waals surface area (Å²) in [4.78, 5) is 32.7. The van der Waals surface area contributed by atoms with Gasteiger partial charge >= 0.3 is 0 Å². The second-order valence-corrected chi connectivity index (χ2v) is 9.44. The van der Waals surface area contributed by atoms with E-state index in [4.69, 9.17) is 9.15 Å². The van der Waals surface area contributed by atoms with Gasteiger partial charge in [0.2, 0.25) is 5.91 Å². The fourth-order valence-electron chi connectivity index (χ4n) is 4.28. The average Bonchev–Trinajstić information content (AvgIpc) is 3.32. The Morgan fingerprint density at radius 3 is 2.24 bits per heavy atom. The molecular weight excluding hydrogens is 473 g/mol. The van der Waals surface area contributed by atoms with Gasteiger partial charge < -0.3 is 19.0 Å². The van der Waals surface area contributed by atoms with Gasteiger partial charge in [0.1, 0.15) is 23.9 Å². The second-order valence-electron chi connectivity index (χ2n) is 9.44. The molecular formula is C29H34FN3O4. The van der Waals surface area contributed by atoms with E-state index in [1.54, 1.807) is 34.1 Å². The molecule has 3 aromatic rings. The van der Waals surface area contributed by atoms with Crippen molar-refractivity contribution < 1.29 is 23.1 Å². The molecule has 0 aliphatic carbocycles. The fourth-order valence-corrected chi connectivity index (χ4v) is 4.28. The van der Waals surface area contributed by atoms with Gasteiger partial charge in [-0.1, -0.05) is 29.8 Å². The number of rotatable bonds is 10. The summed E-state index contributed by atoms with van der Waals surface area (Å²) in [5.41, 5.74) is 2.40. The summed E-state index contributed by atoms with van der Waals surface area (Å²) >= 11 is 0. The number of ether oxygens (including phenoxy) is 1. The van der Waals surface area contributed by atoms with Gasteiger partial charge in [-0.15, -0.1) is 0 Å². The molecule has 1 fully saturated rings. The summed E-state index contributed by atoms with van der Waals surface area (Å²) in [5.74, 6) is 0.683. The normalized spacial score (nSPS) is 13.9. The van der Waals surface area contributed by atoms with Crippen LogP contribution in [0.3, 0.4) is 0 Å². The first-order chi connectivity index (χ1) is 17.9. The molecule has 1 aliphatic heterocycles. The number of halogens is 1. The van der Waals surface area contributed by atoms with Gasteiger partial charge in [0.15, 0.2) is 0 Å². The van der Waals surface area contributed by atoms with Crippen molar-refractivity contribution in [2.24, 2.45) is 0 Å². The Labute approximate surface area is 217 Å². The van der Waals surface area contributed by atoms with Gasteiger partial charge in [0.25, 0.3) is 5.91 Å². The molecule has 0 radical (unpaired) electrons. The summed E-state index contributed by atoms with van der Waals surface area (Å²) in [7, 11) is 0. The molecule has 1 aliphatic rings. The summed E-state index contributed by atoms with van der Waals surface area (Å²) < 4.78 is 24.6. The number of carbonyl (C=O) groups is 2.